The molecule has 5 heteroatoms. The summed E-state index contributed by atoms with van der Waals surface area (Å²) in [5.74, 6) is 0.431. The molecule has 0 aliphatic carbocycles. The van der Waals surface area contributed by atoms with E-state index in [9.17, 15) is 4.79 Å². The molecule has 0 N–H and O–H groups in total. The zero-order valence-corrected chi connectivity index (χ0v) is 8.92. The third-order valence-electron chi connectivity index (χ3n) is 2.03. The Morgan fingerprint density at radius 3 is 2.62 bits per heavy atom. The summed E-state index contributed by atoms with van der Waals surface area (Å²) in [6, 6.07) is 10.8. The molecule has 0 aliphatic heterocycles. The van der Waals surface area contributed by atoms with Crippen LogP contribution in [0.1, 0.15) is 17.4 Å². The van der Waals surface area contributed by atoms with Crippen LogP contribution in [0, 0.1) is 0 Å². The molecule has 1 unspecified atom stereocenters. The van der Waals surface area contributed by atoms with Crippen LogP contribution < -0.4 is 0 Å². The summed E-state index contributed by atoms with van der Waals surface area (Å²) in [6.45, 7) is 0. The van der Waals surface area contributed by atoms with Crippen molar-refractivity contribution in [2.24, 2.45) is 0 Å². The van der Waals surface area contributed by atoms with E-state index in [1.54, 1.807) is 6.07 Å². The summed E-state index contributed by atoms with van der Waals surface area (Å²) >= 11 is 5.22. The van der Waals surface area contributed by atoms with Gasteiger partial charge in [0.2, 0.25) is 0 Å². The van der Waals surface area contributed by atoms with E-state index < -0.39 is 11.5 Å². The maximum atomic E-state index is 10.8. The largest absolute Gasteiger partial charge is 0.437 e. The minimum atomic E-state index is -0.884. The average Bonchev–Trinajstić information content (AvgIpc) is 2.80. The van der Waals surface area contributed by atoms with Gasteiger partial charge in [-0.3, -0.25) is 0 Å². The molecule has 0 radical (unpaired) electrons. The number of benzene rings is 1. The molecular weight excluding hydrogens is 230 g/mol. The Bertz CT molecular complexity index is 455. The van der Waals surface area contributed by atoms with Gasteiger partial charge in [0.15, 0.2) is 11.9 Å². The summed E-state index contributed by atoms with van der Waals surface area (Å²) in [6.07, 6.45) is 0.821. The summed E-state index contributed by atoms with van der Waals surface area (Å²) in [5.41, 5.74) is -0.112. The topological polar surface area (TPSA) is 52.3 Å². The highest BCUT2D eigenvalue weighted by Gasteiger charge is 2.21. The van der Waals surface area contributed by atoms with Crippen LogP contribution in [0.5, 0.6) is 0 Å². The van der Waals surface area contributed by atoms with Crippen LogP contribution in [-0.4, -0.2) is 10.6 Å². The number of halogens is 1. The quantitative estimate of drug-likeness (QED) is 0.770. The summed E-state index contributed by atoms with van der Waals surface area (Å²) in [5, 5.41) is 3.57. The number of nitrogens with zero attached hydrogens (tertiary/aromatic N) is 1. The Hall–Kier alpha value is -1.81. The molecule has 0 fully saturated rings. The number of rotatable bonds is 3. The Labute approximate surface area is 96.8 Å². The molecule has 0 amide bonds. The Morgan fingerprint density at radius 1 is 1.31 bits per heavy atom. The summed E-state index contributed by atoms with van der Waals surface area (Å²) in [7, 11) is 0. The molecule has 16 heavy (non-hydrogen) atoms. The first-order chi connectivity index (χ1) is 7.77. The molecule has 0 aliphatic rings. The van der Waals surface area contributed by atoms with Crippen molar-refractivity contribution in [2.75, 3.05) is 0 Å². The smallest absolute Gasteiger partial charge is 0.404 e. The first kappa shape index (κ1) is 10.7. The van der Waals surface area contributed by atoms with Gasteiger partial charge in [0.1, 0.15) is 0 Å². The van der Waals surface area contributed by atoms with Crippen LogP contribution in [0.25, 0.3) is 0 Å². The van der Waals surface area contributed by atoms with Crippen LogP contribution in [0.15, 0.2) is 47.1 Å². The molecule has 0 saturated heterocycles. The number of carbonyl (C=O) groups is 1. The summed E-state index contributed by atoms with van der Waals surface area (Å²) in [4.78, 5) is 10.8. The lowest BCUT2D eigenvalue weighted by Gasteiger charge is -2.12. The van der Waals surface area contributed by atoms with E-state index in [1.165, 1.54) is 6.20 Å². The number of hydrogen-bond donors (Lipinski definition) is 0. The summed E-state index contributed by atoms with van der Waals surface area (Å²) < 4.78 is 9.94. The monoisotopic (exact) mass is 237 g/mol. The predicted octanol–water partition coefficient (Wildman–Crippen LogP) is 3.14. The number of aromatic nitrogens is 1. The van der Waals surface area contributed by atoms with Crippen molar-refractivity contribution >= 4 is 17.0 Å². The minimum absolute atomic E-state index is 0.431. The molecule has 1 heterocycles. The molecule has 0 saturated carbocycles. The molecular formula is C11H8ClNO3. The normalized spacial score (nSPS) is 12.1. The highest BCUT2D eigenvalue weighted by molar-refractivity contribution is 6.61. The van der Waals surface area contributed by atoms with E-state index in [1.807, 2.05) is 30.3 Å². The highest BCUT2D eigenvalue weighted by Crippen LogP contribution is 2.26. The van der Waals surface area contributed by atoms with Crippen LogP contribution in [-0.2, 0) is 4.74 Å². The van der Waals surface area contributed by atoms with Gasteiger partial charge in [-0.05, 0) is 0 Å². The standard InChI is InChI=1S/C11H8ClNO3/c12-11(14)15-10(9-6-7-13-16-9)8-4-2-1-3-5-8/h1-7,10H. The van der Waals surface area contributed by atoms with Crippen molar-refractivity contribution < 1.29 is 14.1 Å². The lowest BCUT2D eigenvalue weighted by Crippen LogP contribution is -2.06. The molecule has 4 nitrogen and oxygen atoms in total. The molecule has 2 aromatic rings. The lowest BCUT2D eigenvalue weighted by molar-refractivity contribution is 0.124. The lowest BCUT2D eigenvalue weighted by atomic mass is 10.1. The molecule has 1 atom stereocenters. The molecule has 0 spiro atoms. The SMILES string of the molecule is O=C(Cl)OC(c1ccccc1)c1ccno1. The van der Waals surface area contributed by atoms with Crippen LogP contribution in [0.4, 0.5) is 4.79 Å². The maximum absolute atomic E-state index is 10.8. The Balaban J connectivity index is 2.32. The van der Waals surface area contributed by atoms with Crippen LogP contribution in [0.2, 0.25) is 0 Å². The van der Waals surface area contributed by atoms with Gasteiger partial charge in [0, 0.05) is 23.2 Å². The van der Waals surface area contributed by atoms with Gasteiger partial charge in [-0.15, -0.1) is 0 Å². The number of ether oxygens (including phenoxy) is 1. The fourth-order valence-electron chi connectivity index (χ4n) is 1.37. The number of carbonyl (C=O) groups excluding carboxylic acids is 1. The van der Waals surface area contributed by atoms with E-state index >= 15 is 0 Å². The van der Waals surface area contributed by atoms with E-state index in [2.05, 4.69) is 5.16 Å². The van der Waals surface area contributed by atoms with Crippen molar-refractivity contribution in [3.8, 4) is 0 Å². The number of hydrogen-bond acceptors (Lipinski definition) is 4. The van der Waals surface area contributed by atoms with Gasteiger partial charge in [-0.1, -0.05) is 35.5 Å². The third kappa shape index (κ3) is 2.41. The molecule has 1 aromatic heterocycles. The second kappa shape index (κ2) is 4.81. The van der Waals surface area contributed by atoms with E-state index in [4.69, 9.17) is 20.9 Å². The van der Waals surface area contributed by atoms with Gasteiger partial charge in [0.25, 0.3) is 0 Å². The third-order valence-corrected chi connectivity index (χ3v) is 2.12. The zero-order valence-electron chi connectivity index (χ0n) is 8.17. The van der Waals surface area contributed by atoms with E-state index in [0.717, 1.165) is 5.56 Å². The predicted molar refractivity (Wildman–Crippen MR) is 57.1 cm³/mol. The van der Waals surface area contributed by atoms with Crippen LogP contribution >= 0.6 is 11.6 Å². The molecule has 82 valence electrons. The first-order valence-corrected chi connectivity index (χ1v) is 4.97. The van der Waals surface area contributed by atoms with Gasteiger partial charge >= 0.3 is 5.43 Å². The van der Waals surface area contributed by atoms with Crippen molar-refractivity contribution in [3.05, 3.63) is 53.9 Å². The Morgan fingerprint density at radius 2 is 2.06 bits per heavy atom. The second-order valence-corrected chi connectivity index (χ2v) is 3.37. The van der Waals surface area contributed by atoms with Gasteiger partial charge in [-0.2, -0.15) is 0 Å². The second-order valence-electron chi connectivity index (χ2n) is 3.06. The van der Waals surface area contributed by atoms with Crippen LogP contribution in [0.3, 0.4) is 0 Å². The first-order valence-electron chi connectivity index (χ1n) is 4.59. The fraction of sp³-hybridized carbons (Fsp3) is 0.0909. The van der Waals surface area contributed by atoms with Crippen molar-refractivity contribution in [3.63, 3.8) is 0 Å². The van der Waals surface area contributed by atoms with Gasteiger partial charge < -0.3 is 9.26 Å². The molecule has 0 bridgehead atoms. The van der Waals surface area contributed by atoms with E-state index in [0.29, 0.717) is 5.76 Å². The maximum Gasteiger partial charge on any atom is 0.404 e. The highest BCUT2D eigenvalue weighted by atomic mass is 35.5. The zero-order chi connectivity index (χ0) is 11.4. The Kier molecular flexibility index (Phi) is 3.22. The van der Waals surface area contributed by atoms with Gasteiger partial charge in [-0.25, -0.2) is 4.79 Å². The van der Waals surface area contributed by atoms with Crippen molar-refractivity contribution in [1.29, 1.82) is 0 Å². The molecule has 1 aromatic carbocycles. The fourth-order valence-corrected chi connectivity index (χ4v) is 1.46. The molecule has 2 rings (SSSR count). The minimum Gasteiger partial charge on any atom is -0.437 e. The van der Waals surface area contributed by atoms with Gasteiger partial charge in [0.05, 0.1) is 6.20 Å². The average molecular weight is 238 g/mol. The van der Waals surface area contributed by atoms with Crippen molar-refractivity contribution in [2.45, 2.75) is 6.10 Å². The van der Waals surface area contributed by atoms with E-state index in [-0.39, 0.29) is 0 Å². The van der Waals surface area contributed by atoms with Crippen molar-refractivity contribution in [1.82, 2.24) is 5.16 Å².